The number of carboxylic acids is 1. The third-order valence-corrected chi connectivity index (χ3v) is 1.86. The van der Waals surface area contributed by atoms with E-state index in [-0.39, 0.29) is 16.5 Å². The number of aromatic nitrogens is 1. The van der Waals surface area contributed by atoms with Gasteiger partial charge in [-0.15, -0.1) is 12.3 Å². The summed E-state index contributed by atoms with van der Waals surface area (Å²) < 4.78 is 0. The Balaban J connectivity index is 2.88. The van der Waals surface area contributed by atoms with Gasteiger partial charge in [-0.1, -0.05) is 11.6 Å². The Bertz CT molecular complexity index is 412. The van der Waals surface area contributed by atoms with Crippen LogP contribution in [0.25, 0.3) is 0 Å². The van der Waals surface area contributed by atoms with Gasteiger partial charge in [0.1, 0.15) is 16.5 Å². The normalized spacial score (nSPS) is 9.33. The first-order chi connectivity index (χ1) is 7.15. The predicted octanol–water partition coefficient (Wildman–Crippen LogP) is 1.87. The molecule has 0 atom stereocenters. The Labute approximate surface area is 92.3 Å². The molecular formula is C10H9ClN2O2. The van der Waals surface area contributed by atoms with Crippen LogP contribution in [0.4, 0.5) is 5.82 Å². The second-order valence-corrected chi connectivity index (χ2v) is 3.10. The molecule has 2 N–H and O–H groups in total. The number of carboxylic acid groups (broad SMARTS) is 1. The van der Waals surface area contributed by atoms with E-state index in [1.807, 2.05) is 0 Å². The van der Waals surface area contributed by atoms with Gasteiger partial charge in [-0.05, 0) is 12.1 Å². The number of rotatable bonds is 4. The second kappa shape index (κ2) is 5.23. The lowest BCUT2D eigenvalue weighted by Gasteiger charge is -2.06. The van der Waals surface area contributed by atoms with Gasteiger partial charge in [0.05, 0.1) is 0 Å². The number of carbonyl (C=O) groups is 1. The lowest BCUT2D eigenvalue weighted by Crippen LogP contribution is -2.09. The van der Waals surface area contributed by atoms with Crippen LogP contribution in [0.5, 0.6) is 0 Å². The van der Waals surface area contributed by atoms with Gasteiger partial charge in [-0.3, -0.25) is 0 Å². The van der Waals surface area contributed by atoms with Crippen LogP contribution in [0.15, 0.2) is 12.1 Å². The van der Waals surface area contributed by atoms with Crippen LogP contribution >= 0.6 is 11.6 Å². The maximum absolute atomic E-state index is 10.8. The molecule has 0 bridgehead atoms. The number of nitrogens with one attached hydrogen (secondary N) is 1. The number of hydrogen-bond donors (Lipinski definition) is 2. The minimum atomic E-state index is -1.05. The predicted molar refractivity (Wildman–Crippen MR) is 58.1 cm³/mol. The van der Waals surface area contributed by atoms with Crippen molar-refractivity contribution in [1.82, 2.24) is 4.98 Å². The maximum atomic E-state index is 10.8. The van der Waals surface area contributed by atoms with E-state index in [0.29, 0.717) is 13.0 Å². The van der Waals surface area contributed by atoms with Crippen molar-refractivity contribution in [2.75, 3.05) is 11.9 Å². The van der Waals surface area contributed by atoms with Crippen LogP contribution < -0.4 is 5.32 Å². The van der Waals surface area contributed by atoms with Gasteiger partial charge in [-0.2, -0.15) is 0 Å². The van der Waals surface area contributed by atoms with Crippen LogP contribution in [-0.2, 0) is 0 Å². The standard InChI is InChI=1S/C10H9ClN2O2/c1-2-3-6-12-9-7(10(14)15)4-5-8(11)13-9/h1,4-5H,3,6H2,(H,12,13)(H,14,15). The summed E-state index contributed by atoms with van der Waals surface area (Å²) in [5.41, 5.74) is 0.0800. The molecule has 0 amide bonds. The fourth-order valence-electron chi connectivity index (χ4n) is 0.996. The summed E-state index contributed by atoms with van der Waals surface area (Å²) in [6, 6.07) is 2.83. The van der Waals surface area contributed by atoms with Crippen molar-refractivity contribution in [3.8, 4) is 12.3 Å². The maximum Gasteiger partial charge on any atom is 0.339 e. The van der Waals surface area contributed by atoms with Crippen LogP contribution in [0.1, 0.15) is 16.8 Å². The first-order valence-electron chi connectivity index (χ1n) is 4.22. The summed E-state index contributed by atoms with van der Waals surface area (Å²) in [5.74, 6) is 1.62. The smallest absolute Gasteiger partial charge is 0.339 e. The molecule has 15 heavy (non-hydrogen) atoms. The van der Waals surface area contributed by atoms with Crippen molar-refractivity contribution in [1.29, 1.82) is 0 Å². The molecule has 0 fully saturated rings. The molecule has 0 aromatic carbocycles. The van der Waals surface area contributed by atoms with E-state index >= 15 is 0 Å². The molecule has 0 spiro atoms. The lowest BCUT2D eigenvalue weighted by atomic mass is 10.2. The van der Waals surface area contributed by atoms with Gasteiger partial charge in [-0.25, -0.2) is 9.78 Å². The van der Waals surface area contributed by atoms with E-state index in [0.717, 1.165) is 0 Å². The van der Waals surface area contributed by atoms with E-state index in [2.05, 4.69) is 16.2 Å². The number of anilines is 1. The monoisotopic (exact) mass is 224 g/mol. The molecule has 0 aliphatic heterocycles. The number of terminal acetylenes is 1. The lowest BCUT2D eigenvalue weighted by molar-refractivity contribution is 0.0697. The quantitative estimate of drug-likeness (QED) is 0.466. The average Bonchev–Trinajstić information content (AvgIpc) is 2.18. The Morgan fingerprint density at radius 2 is 2.40 bits per heavy atom. The molecule has 1 heterocycles. The highest BCUT2D eigenvalue weighted by molar-refractivity contribution is 6.29. The van der Waals surface area contributed by atoms with Gasteiger partial charge in [0, 0.05) is 13.0 Å². The minimum absolute atomic E-state index is 0.0800. The fraction of sp³-hybridized carbons (Fsp3) is 0.200. The highest BCUT2D eigenvalue weighted by Crippen LogP contribution is 2.16. The van der Waals surface area contributed by atoms with Gasteiger partial charge >= 0.3 is 5.97 Å². The van der Waals surface area contributed by atoms with E-state index in [1.165, 1.54) is 12.1 Å². The van der Waals surface area contributed by atoms with Crippen LogP contribution in [-0.4, -0.2) is 22.6 Å². The van der Waals surface area contributed by atoms with Gasteiger partial charge in [0.2, 0.25) is 0 Å². The Morgan fingerprint density at radius 3 is 3.00 bits per heavy atom. The van der Waals surface area contributed by atoms with Crippen LogP contribution in [0.3, 0.4) is 0 Å². The van der Waals surface area contributed by atoms with Crippen molar-refractivity contribution >= 4 is 23.4 Å². The molecule has 0 radical (unpaired) electrons. The molecule has 1 aromatic heterocycles. The van der Waals surface area contributed by atoms with Crippen molar-refractivity contribution < 1.29 is 9.90 Å². The summed E-state index contributed by atoms with van der Waals surface area (Å²) in [5, 5.41) is 11.9. The van der Waals surface area contributed by atoms with E-state index in [9.17, 15) is 4.79 Å². The summed E-state index contributed by atoms with van der Waals surface area (Å²) in [6.07, 6.45) is 5.56. The minimum Gasteiger partial charge on any atom is -0.478 e. The van der Waals surface area contributed by atoms with Gasteiger partial charge in [0.15, 0.2) is 0 Å². The highest BCUT2D eigenvalue weighted by atomic mass is 35.5. The third kappa shape index (κ3) is 3.15. The SMILES string of the molecule is C#CCCNc1nc(Cl)ccc1C(=O)O. The number of nitrogens with zero attached hydrogens (tertiary/aromatic N) is 1. The summed E-state index contributed by atoms with van der Waals surface area (Å²) in [7, 11) is 0. The van der Waals surface area contributed by atoms with E-state index in [4.69, 9.17) is 23.1 Å². The molecule has 0 saturated carbocycles. The molecule has 1 rings (SSSR count). The zero-order chi connectivity index (χ0) is 11.3. The first-order valence-corrected chi connectivity index (χ1v) is 4.60. The Kier molecular flexibility index (Phi) is 3.95. The molecule has 5 heteroatoms. The molecule has 1 aromatic rings. The number of halogens is 1. The summed E-state index contributed by atoms with van der Waals surface area (Å²) in [6.45, 7) is 0.462. The summed E-state index contributed by atoms with van der Waals surface area (Å²) in [4.78, 5) is 14.7. The largest absolute Gasteiger partial charge is 0.478 e. The molecule has 4 nitrogen and oxygen atoms in total. The van der Waals surface area contributed by atoms with Crippen molar-refractivity contribution in [2.45, 2.75) is 6.42 Å². The first kappa shape index (κ1) is 11.3. The zero-order valence-corrected chi connectivity index (χ0v) is 8.58. The highest BCUT2D eigenvalue weighted by Gasteiger charge is 2.11. The molecular weight excluding hydrogens is 216 g/mol. The van der Waals surface area contributed by atoms with Crippen molar-refractivity contribution in [3.63, 3.8) is 0 Å². The topological polar surface area (TPSA) is 62.2 Å². The van der Waals surface area contributed by atoms with Crippen LogP contribution in [0.2, 0.25) is 5.15 Å². The molecule has 0 aliphatic carbocycles. The zero-order valence-electron chi connectivity index (χ0n) is 7.83. The third-order valence-electron chi connectivity index (χ3n) is 1.65. The average molecular weight is 225 g/mol. The van der Waals surface area contributed by atoms with Crippen molar-refractivity contribution in [2.24, 2.45) is 0 Å². The molecule has 0 aliphatic rings. The second-order valence-electron chi connectivity index (χ2n) is 2.72. The van der Waals surface area contributed by atoms with Crippen LogP contribution in [0, 0.1) is 12.3 Å². The Hall–Kier alpha value is -1.73. The van der Waals surface area contributed by atoms with Gasteiger partial charge in [0.25, 0.3) is 0 Å². The fourth-order valence-corrected chi connectivity index (χ4v) is 1.14. The number of pyridine rings is 1. The van der Waals surface area contributed by atoms with Crippen molar-refractivity contribution in [3.05, 3.63) is 22.8 Å². The van der Waals surface area contributed by atoms with E-state index in [1.54, 1.807) is 0 Å². The molecule has 0 unspecified atom stereocenters. The summed E-state index contributed by atoms with van der Waals surface area (Å²) >= 11 is 5.65. The molecule has 0 saturated heterocycles. The number of hydrogen-bond acceptors (Lipinski definition) is 3. The van der Waals surface area contributed by atoms with Gasteiger partial charge < -0.3 is 10.4 Å². The Morgan fingerprint density at radius 1 is 1.67 bits per heavy atom. The molecule has 78 valence electrons. The van der Waals surface area contributed by atoms with E-state index < -0.39 is 5.97 Å². The number of aromatic carboxylic acids is 1.